The topological polar surface area (TPSA) is 131 Å². The van der Waals surface area contributed by atoms with Crippen molar-refractivity contribution in [3.8, 4) is 0 Å². The molecule has 0 amide bonds. The molecule has 3 aromatic rings. The van der Waals surface area contributed by atoms with Gasteiger partial charge in [-0.2, -0.15) is 10.2 Å². The van der Waals surface area contributed by atoms with Gasteiger partial charge in [0.1, 0.15) is 23.7 Å². The molecule has 0 aliphatic heterocycles. The monoisotopic (exact) mass is 342 g/mol. The summed E-state index contributed by atoms with van der Waals surface area (Å²) in [5, 5.41) is 25.8. The summed E-state index contributed by atoms with van der Waals surface area (Å²) in [4.78, 5) is 8.45. The van der Waals surface area contributed by atoms with E-state index in [-0.39, 0.29) is 5.54 Å². The molecule has 3 heterocycles. The normalized spacial score (nSPS) is 16.3. The average molecular weight is 342 g/mol. The summed E-state index contributed by atoms with van der Waals surface area (Å²) in [6.45, 7) is 6.16. The van der Waals surface area contributed by atoms with Crippen molar-refractivity contribution in [2.75, 3.05) is 11.1 Å². The highest BCUT2D eigenvalue weighted by molar-refractivity contribution is 5.88. The molecule has 5 N–H and O–H groups in total. The highest BCUT2D eigenvalue weighted by atomic mass is 16.3. The van der Waals surface area contributed by atoms with E-state index < -0.39 is 6.23 Å². The second-order valence-corrected chi connectivity index (χ2v) is 7.17. The van der Waals surface area contributed by atoms with Gasteiger partial charge in [-0.25, -0.2) is 14.6 Å². The van der Waals surface area contributed by atoms with Gasteiger partial charge in [-0.05, 0) is 39.5 Å². The number of nitrogens with zero attached hydrogens (tertiary/aromatic N) is 5. The minimum atomic E-state index is -1.07. The maximum Gasteiger partial charge on any atom is 0.171 e. The molecule has 9 heteroatoms. The molecule has 0 aromatic carbocycles. The average Bonchev–Trinajstić information content (AvgIpc) is 3.23. The van der Waals surface area contributed by atoms with Crippen LogP contribution in [0.4, 0.5) is 11.6 Å². The summed E-state index contributed by atoms with van der Waals surface area (Å²) in [5.74, 6) is 1.38. The van der Waals surface area contributed by atoms with E-state index >= 15 is 0 Å². The Morgan fingerprint density at radius 3 is 2.80 bits per heavy atom. The Bertz CT molecular complexity index is 924. The Labute approximate surface area is 144 Å². The number of aromatic nitrogens is 6. The van der Waals surface area contributed by atoms with Crippen molar-refractivity contribution in [2.45, 2.75) is 45.4 Å². The Kier molecular flexibility index (Phi) is 3.43. The molecule has 1 fully saturated rings. The molecule has 25 heavy (non-hydrogen) atoms. The van der Waals surface area contributed by atoms with Crippen LogP contribution in [0, 0.1) is 12.8 Å². The minimum absolute atomic E-state index is 0.208. The van der Waals surface area contributed by atoms with Crippen LogP contribution in [0.1, 0.15) is 44.3 Å². The maximum absolute atomic E-state index is 10.7. The van der Waals surface area contributed by atoms with Crippen molar-refractivity contribution < 1.29 is 5.11 Å². The number of aromatic amines is 1. The first kappa shape index (κ1) is 15.8. The van der Waals surface area contributed by atoms with Gasteiger partial charge in [0.2, 0.25) is 0 Å². The summed E-state index contributed by atoms with van der Waals surface area (Å²) in [5.41, 5.74) is 7.80. The Morgan fingerprint density at radius 2 is 2.16 bits per heavy atom. The van der Waals surface area contributed by atoms with E-state index in [2.05, 4.69) is 44.4 Å². The van der Waals surface area contributed by atoms with Crippen LogP contribution in [0.2, 0.25) is 0 Å². The molecule has 0 bridgehead atoms. The van der Waals surface area contributed by atoms with Gasteiger partial charge >= 0.3 is 0 Å². The Morgan fingerprint density at radius 1 is 1.40 bits per heavy atom. The lowest BCUT2D eigenvalue weighted by molar-refractivity contribution is 0.198. The van der Waals surface area contributed by atoms with Gasteiger partial charge in [-0.1, -0.05) is 0 Å². The first-order chi connectivity index (χ1) is 11.9. The molecule has 9 nitrogen and oxygen atoms in total. The summed E-state index contributed by atoms with van der Waals surface area (Å²) >= 11 is 0. The van der Waals surface area contributed by atoms with Crippen LogP contribution < -0.4 is 11.1 Å². The van der Waals surface area contributed by atoms with Crippen LogP contribution in [-0.2, 0) is 5.54 Å². The molecule has 0 saturated heterocycles. The van der Waals surface area contributed by atoms with Crippen molar-refractivity contribution in [3.05, 3.63) is 23.8 Å². The molecule has 132 valence electrons. The molecule has 1 aliphatic carbocycles. The third-order valence-electron chi connectivity index (χ3n) is 4.89. The van der Waals surface area contributed by atoms with Gasteiger partial charge in [-0.15, -0.1) is 0 Å². The number of rotatable bonds is 5. The third kappa shape index (κ3) is 2.60. The second-order valence-electron chi connectivity index (χ2n) is 7.17. The number of nitrogen functional groups attached to an aromatic ring is 1. The van der Waals surface area contributed by atoms with E-state index in [1.807, 2.05) is 11.6 Å². The number of anilines is 2. The van der Waals surface area contributed by atoms with Crippen LogP contribution in [0.5, 0.6) is 0 Å². The highest BCUT2D eigenvalue weighted by Gasteiger charge is 2.42. The van der Waals surface area contributed by atoms with Crippen LogP contribution in [0.25, 0.3) is 11.0 Å². The Balaban J connectivity index is 1.80. The fourth-order valence-corrected chi connectivity index (χ4v) is 3.26. The van der Waals surface area contributed by atoms with Gasteiger partial charge in [0.25, 0.3) is 0 Å². The second kappa shape index (κ2) is 5.41. The van der Waals surface area contributed by atoms with Gasteiger partial charge in [0.15, 0.2) is 11.9 Å². The SMILES string of the molecule is Cc1cc(NC(O)c2nn(C(C)(C)C3CC3)c3ncnc(N)c23)n[nH]1. The van der Waals surface area contributed by atoms with Crippen LogP contribution in [0.15, 0.2) is 12.4 Å². The minimum Gasteiger partial charge on any atom is -0.383 e. The van der Waals surface area contributed by atoms with Crippen LogP contribution >= 0.6 is 0 Å². The fraction of sp³-hybridized carbons (Fsp3) is 0.500. The lowest BCUT2D eigenvalue weighted by Gasteiger charge is -2.25. The molecule has 1 unspecified atom stereocenters. The number of nitrogens with one attached hydrogen (secondary N) is 2. The van der Waals surface area contributed by atoms with E-state index in [0.717, 1.165) is 18.5 Å². The lowest BCUT2D eigenvalue weighted by atomic mass is 9.99. The molecule has 1 atom stereocenters. The molecular weight excluding hydrogens is 320 g/mol. The first-order valence-corrected chi connectivity index (χ1v) is 8.34. The van der Waals surface area contributed by atoms with E-state index in [4.69, 9.17) is 5.73 Å². The maximum atomic E-state index is 10.7. The molecule has 1 saturated carbocycles. The smallest absolute Gasteiger partial charge is 0.171 e. The zero-order valence-corrected chi connectivity index (χ0v) is 14.5. The Hall–Kier alpha value is -2.68. The molecule has 1 aliphatic rings. The van der Waals surface area contributed by atoms with E-state index in [1.165, 1.54) is 6.33 Å². The highest BCUT2D eigenvalue weighted by Crippen LogP contribution is 2.45. The summed E-state index contributed by atoms with van der Waals surface area (Å²) in [6, 6.07) is 1.80. The van der Waals surface area contributed by atoms with Gasteiger partial charge < -0.3 is 16.2 Å². The van der Waals surface area contributed by atoms with E-state index in [9.17, 15) is 5.11 Å². The van der Waals surface area contributed by atoms with Crippen molar-refractivity contribution >= 4 is 22.7 Å². The first-order valence-electron chi connectivity index (χ1n) is 8.34. The number of fused-ring (bicyclic) bond motifs is 1. The van der Waals surface area contributed by atoms with Gasteiger partial charge in [-0.3, -0.25) is 5.10 Å². The van der Waals surface area contributed by atoms with Crippen molar-refractivity contribution in [2.24, 2.45) is 5.92 Å². The summed E-state index contributed by atoms with van der Waals surface area (Å²) in [6.07, 6.45) is 2.68. The summed E-state index contributed by atoms with van der Waals surface area (Å²) in [7, 11) is 0. The number of hydrogen-bond acceptors (Lipinski definition) is 7. The number of aliphatic hydroxyl groups is 1. The van der Waals surface area contributed by atoms with Crippen molar-refractivity contribution in [1.29, 1.82) is 0 Å². The standard InChI is InChI=1S/C16H22N8O/c1-8-6-10(22-21-8)20-15(25)12-11-13(17)18-7-19-14(11)24(23-12)16(2,3)9-4-5-9/h6-7,9,15,25H,4-5H2,1-3H3,(H2,17,18,19)(H2,20,21,22). The molecule has 4 rings (SSSR count). The largest absolute Gasteiger partial charge is 0.383 e. The predicted octanol–water partition coefficient (Wildman–Crippen LogP) is 1.69. The number of H-pyrrole nitrogens is 1. The fourth-order valence-electron chi connectivity index (χ4n) is 3.26. The van der Waals surface area contributed by atoms with Crippen molar-refractivity contribution in [1.82, 2.24) is 29.9 Å². The third-order valence-corrected chi connectivity index (χ3v) is 4.89. The van der Waals surface area contributed by atoms with Gasteiger partial charge in [0.05, 0.1) is 10.9 Å². The van der Waals surface area contributed by atoms with Crippen LogP contribution in [-0.4, -0.2) is 35.1 Å². The number of nitrogens with two attached hydrogens (primary N) is 1. The lowest BCUT2D eigenvalue weighted by Crippen LogP contribution is -2.30. The zero-order chi connectivity index (χ0) is 17.8. The van der Waals surface area contributed by atoms with E-state index in [1.54, 1.807) is 6.07 Å². The summed E-state index contributed by atoms with van der Waals surface area (Å²) < 4.78 is 1.87. The number of aryl methyl sites for hydroxylation is 1. The molecule has 0 spiro atoms. The van der Waals surface area contributed by atoms with Crippen LogP contribution in [0.3, 0.4) is 0 Å². The van der Waals surface area contributed by atoms with E-state index in [0.29, 0.717) is 34.3 Å². The number of hydrogen-bond donors (Lipinski definition) is 4. The quantitative estimate of drug-likeness (QED) is 0.519. The zero-order valence-electron chi connectivity index (χ0n) is 14.5. The van der Waals surface area contributed by atoms with Gasteiger partial charge in [0, 0.05) is 11.8 Å². The molecular formula is C16H22N8O. The predicted molar refractivity (Wildman–Crippen MR) is 93.7 cm³/mol. The molecule has 3 aromatic heterocycles. The number of aliphatic hydroxyl groups excluding tert-OH is 1. The molecule has 0 radical (unpaired) electrons. The van der Waals surface area contributed by atoms with Crippen molar-refractivity contribution in [3.63, 3.8) is 0 Å².